The van der Waals surface area contributed by atoms with Crippen molar-refractivity contribution in [2.24, 2.45) is 11.8 Å². The Morgan fingerprint density at radius 1 is 1.21 bits per heavy atom. The Labute approximate surface area is 144 Å². The Balaban J connectivity index is 1.69. The minimum absolute atomic E-state index is 0.156. The predicted octanol–water partition coefficient (Wildman–Crippen LogP) is 2.35. The van der Waals surface area contributed by atoms with Gasteiger partial charge in [-0.1, -0.05) is 26.7 Å². The van der Waals surface area contributed by atoms with E-state index in [2.05, 4.69) is 24.1 Å². The number of aromatic nitrogens is 1. The molecule has 0 radical (unpaired) electrons. The van der Waals surface area contributed by atoms with E-state index in [1.54, 1.807) is 0 Å². The lowest BCUT2D eigenvalue weighted by atomic mass is 9.78. The Hall–Kier alpha value is -1.34. The molecule has 134 valence electrons. The van der Waals surface area contributed by atoms with E-state index in [1.165, 1.54) is 23.0 Å². The maximum absolute atomic E-state index is 12.5. The van der Waals surface area contributed by atoms with Crippen LogP contribution in [0.25, 0.3) is 0 Å². The molecular weight excluding hydrogens is 326 g/mol. The Morgan fingerprint density at radius 3 is 2.62 bits per heavy atom. The zero-order valence-corrected chi connectivity index (χ0v) is 15.2. The molecule has 3 rings (SSSR count). The van der Waals surface area contributed by atoms with Gasteiger partial charge in [-0.15, -0.1) is 0 Å². The fourth-order valence-electron chi connectivity index (χ4n) is 3.76. The van der Waals surface area contributed by atoms with E-state index >= 15 is 0 Å². The zero-order chi connectivity index (χ0) is 17.3. The van der Waals surface area contributed by atoms with Crippen LogP contribution in [0.2, 0.25) is 0 Å². The van der Waals surface area contributed by atoms with Crippen LogP contribution in [0.1, 0.15) is 56.4 Å². The van der Waals surface area contributed by atoms with Crippen LogP contribution >= 0.6 is 0 Å². The van der Waals surface area contributed by atoms with Crippen molar-refractivity contribution < 1.29 is 13.2 Å². The van der Waals surface area contributed by atoms with E-state index in [4.69, 9.17) is 0 Å². The fraction of sp³-hybridized carbons (Fsp3) is 0.706. The van der Waals surface area contributed by atoms with Crippen LogP contribution in [-0.4, -0.2) is 42.7 Å². The number of H-pyrrole nitrogens is 1. The molecule has 7 heteroatoms. The minimum Gasteiger partial charge on any atom is -0.356 e. The number of sulfonamides is 1. The lowest BCUT2D eigenvalue weighted by Gasteiger charge is -2.34. The summed E-state index contributed by atoms with van der Waals surface area (Å²) in [5.41, 5.74) is 0.318. The van der Waals surface area contributed by atoms with Crippen molar-refractivity contribution in [3.8, 4) is 0 Å². The molecule has 2 heterocycles. The second-order valence-electron chi connectivity index (χ2n) is 7.21. The van der Waals surface area contributed by atoms with Crippen molar-refractivity contribution >= 4 is 15.9 Å². The van der Waals surface area contributed by atoms with Crippen LogP contribution in [0, 0.1) is 11.8 Å². The molecule has 24 heavy (non-hydrogen) atoms. The van der Waals surface area contributed by atoms with Gasteiger partial charge in [0.2, 0.25) is 10.0 Å². The largest absolute Gasteiger partial charge is 0.356 e. The lowest BCUT2D eigenvalue weighted by molar-refractivity contribution is 0.0886. The highest BCUT2D eigenvalue weighted by atomic mass is 32.2. The lowest BCUT2D eigenvalue weighted by Crippen LogP contribution is -2.43. The van der Waals surface area contributed by atoms with Crippen LogP contribution in [0.4, 0.5) is 0 Å². The first kappa shape index (κ1) is 17.5. The summed E-state index contributed by atoms with van der Waals surface area (Å²) in [5, 5.41) is 3.07. The molecule has 2 N–H and O–H groups in total. The van der Waals surface area contributed by atoms with Crippen LogP contribution in [0.3, 0.4) is 0 Å². The van der Waals surface area contributed by atoms with Crippen molar-refractivity contribution in [1.29, 1.82) is 0 Å². The Bertz CT molecular complexity index is 692. The highest BCUT2D eigenvalue weighted by Gasteiger charge is 2.31. The normalized spacial score (nSPS) is 28.8. The van der Waals surface area contributed by atoms with Crippen molar-refractivity contribution in [1.82, 2.24) is 14.6 Å². The molecule has 1 saturated carbocycles. The maximum atomic E-state index is 12.5. The van der Waals surface area contributed by atoms with Crippen LogP contribution in [0.5, 0.6) is 0 Å². The van der Waals surface area contributed by atoms with Crippen molar-refractivity contribution in [3.63, 3.8) is 0 Å². The smallest absolute Gasteiger partial charge is 0.267 e. The summed E-state index contributed by atoms with van der Waals surface area (Å²) in [5.74, 6) is 0.813. The molecule has 0 aromatic carbocycles. The van der Waals surface area contributed by atoms with E-state index in [9.17, 15) is 13.2 Å². The first-order chi connectivity index (χ1) is 11.4. The summed E-state index contributed by atoms with van der Waals surface area (Å²) in [4.78, 5) is 15.5. The van der Waals surface area contributed by atoms with Gasteiger partial charge in [0, 0.05) is 25.3 Å². The van der Waals surface area contributed by atoms with Gasteiger partial charge >= 0.3 is 0 Å². The van der Waals surface area contributed by atoms with Crippen molar-refractivity contribution in [2.45, 2.75) is 56.9 Å². The summed E-state index contributed by atoms with van der Waals surface area (Å²) in [7, 11) is -3.48. The Kier molecular flexibility index (Phi) is 5.01. The number of nitrogens with zero attached hydrogens (tertiary/aromatic N) is 1. The first-order valence-electron chi connectivity index (χ1n) is 8.89. The summed E-state index contributed by atoms with van der Waals surface area (Å²) in [6, 6.07) is 1.61. The molecule has 1 aromatic heterocycles. The molecule has 1 aliphatic carbocycles. The van der Waals surface area contributed by atoms with Gasteiger partial charge in [0.1, 0.15) is 10.6 Å². The first-order valence-corrected chi connectivity index (χ1v) is 10.3. The van der Waals surface area contributed by atoms with E-state index in [-0.39, 0.29) is 16.8 Å². The number of rotatable bonds is 4. The molecule has 6 nitrogen and oxygen atoms in total. The van der Waals surface area contributed by atoms with Crippen molar-refractivity contribution in [3.05, 3.63) is 18.0 Å². The van der Waals surface area contributed by atoms with E-state index in [0.29, 0.717) is 30.6 Å². The third-order valence-electron chi connectivity index (χ3n) is 5.63. The quantitative estimate of drug-likeness (QED) is 0.872. The predicted molar refractivity (Wildman–Crippen MR) is 92.2 cm³/mol. The highest BCUT2D eigenvalue weighted by molar-refractivity contribution is 7.89. The summed E-state index contributed by atoms with van der Waals surface area (Å²) in [6.45, 7) is 5.52. The second-order valence-corrected chi connectivity index (χ2v) is 9.15. The van der Waals surface area contributed by atoms with E-state index in [0.717, 1.165) is 25.7 Å². The molecule has 1 aromatic rings. The standard InChI is InChI=1S/C17H27N3O3S/c1-12-6-5-7-15(13(12)2)19-17(21)16-10-14(11-18-16)24(22,23)20-8-3-4-9-20/h10-13,15,18H,3-9H2,1-2H3,(H,19,21)/t12-,13+,15-/m1/s1. The number of carbonyl (C=O) groups is 1. The maximum Gasteiger partial charge on any atom is 0.267 e. The Morgan fingerprint density at radius 2 is 1.92 bits per heavy atom. The zero-order valence-electron chi connectivity index (χ0n) is 14.4. The third kappa shape index (κ3) is 3.37. The molecule has 2 fully saturated rings. The van der Waals surface area contributed by atoms with E-state index in [1.807, 2.05) is 0 Å². The number of nitrogens with one attached hydrogen (secondary N) is 2. The molecule has 1 amide bonds. The van der Waals surface area contributed by atoms with E-state index < -0.39 is 10.0 Å². The van der Waals surface area contributed by atoms with Gasteiger partial charge < -0.3 is 10.3 Å². The number of amides is 1. The summed E-state index contributed by atoms with van der Waals surface area (Å²) in [6.07, 6.45) is 6.53. The average molecular weight is 353 g/mol. The SMILES string of the molecule is C[C@H]1[C@H](C)CCC[C@H]1NC(=O)c1cc(S(=O)(=O)N2CCCC2)c[nH]1. The molecule has 3 atom stereocenters. The van der Waals surface area contributed by atoms with Crippen LogP contribution in [0.15, 0.2) is 17.2 Å². The monoisotopic (exact) mass is 353 g/mol. The summed E-state index contributed by atoms with van der Waals surface area (Å²) >= 11 is 0. The van der Waals surface area contributed by atoms with Gasteiger partial charge in [0.15, 0.2) is 0 Å². The molecule has 0 spiro atoms. The molecule has 1 aliphatic heterocycles. The number of hydrogen-bond acceptors (Lipinski definition) is 3. The van der Waals surface area contributed by atoms with Crippen molar-refractivity contribution in [2.75, 3.05) is 13.1 Å². The second kappa shape index (κ2) is 6.88. The summed E-state index contributed by atoms with van der Waals surface area (Å²) < 4.78 is 26.5. The minimum atomic E-state index is -3.48. The number of carbonyl (C=O) groups excluding carboxylic acids is 1. The third-order valence-corrected chi connectivity index (χ3v) is 7.50. The molecular formula is C17H27N3O3S. The number of hydrogen-bond donors (Lipinski definition) is 2. The molecule has 2 aliphatic rings. The van der Waals surface area contributed by atoms with Gasteiger partial charge in [0.05, 0.1) is 0 Å². The van der Waals surface area contributed by atoms with Gasteiger partial charge in [-0.3, -0.25) is 4.79 Å². The van der Waals surface area contributed by atoms with Crippen LogP contribution < -0.4 is 5.32 Å². The van der Waals surface area contributed by atoms with Crippen LogP contribution in [-0.2, 0) is 10.0 Å². The molecule has 1 saturated heterocycles. The van der Waals surface area contributed by atoms with Gasteiger partial charge in [-0.05, 0) is 37.2 Å². The highest BCUT2D eigenvalue weighted by Crippen LogP contribution is 2.29. The molecule has 0 bridgehead atoms. The fourth-order valence-corrected chi connectivity index (χ4v) is 5.28. The van der Waals surface area contributed by atoms with Gasteiger partial charge in [0.25, 0.3) is 5.91 Å². The van der Waals surface area contributed by atoms with Gasteiger partial charge in [-0.25, -0.2) is 8.42 Å². The topological polar surface area (TPSA) is 82.3 Å². The van der Waals surface area contributed by atoms with Gasteiger partial charge in [-0.2, -0.15) is 4.31 Å². The average Bonchev–Trinajstić information content (AvgIpc) is 3.22. The molecule has 0 unspecified atom stereocenters. The number of aromatic amines is 1.